The van der Waals surface area contributed by atoms with Gasteiger partial charge in [-0.05, 0) is 12.1 Å². The van der Waals surface area contributed by atoms with Gasteiger partial charge in [0.25, 0.3) is 11.5 Å². The van der Waals surface area contributed by atoms with Gasteiger partial charge in [0.1, 0.15) is 5.56 Å². The van der Waals surface area contributed by atoms with Crippen LogP contribution >= 0.6 is 23.4 Å². The van der Waals surface area contributed by atoms with Crippen LogP contribution in [0.4, 0.5) is 11.4 Å². The average Bonchev–Trinajstić information content (AvgIpc) is 3.12. The van der Waals surface area contributed by atoms with E-state index in [1.165, 1.54) is 18.0 Å². The molecule has 0 spiro atoms. The quantitative estimate of drug-likeness (QED) is 0.806. The van der Waals surface area contributed by atoms with Gasteiger partial charge >= 0.3 is 0 Å². The standard InChI is InChI=1S/C17H17ClN4O3S/c18-12-2-1-3-13(14(12)21-4-7-25-8-5-21)20-15(23)11-10-19-17-22(16(11)24)6-9-26-17/h1-3,10H,4-9H2,(H,20,23). The van der Waals surface area contributed by atoms with Crippen LogP contribution in [0.1, 0.15) is 10.4 Å². The second-order valence-electron chi connectivity index (χ2n) is 5.95. The third kappa shape index (κ3) is 3.20. The lowest BCUT2D eigenvalue weighted by molar-refractivity contribution is 0.102. The smallest absolute Gasteiger partial charge is 0.267 e. The Morgan fingerprint density at radius 3 is 2.88 bits per heavy atom. The van der Waals surface area contributed by atoms with Crippen LogP contribution in [0.2, 0.25) is 5.02 Å². The first-order valence-electron chi connectivity index (χ1n) is 8.30. The number of nitrogens with one attached hydrogen (secondary N) is 1. The Morgan fingerprint density at radius 2 is 2.08 bits per heavy atom. The molecule has 9 heteroatoms. The van der Waals surface area contributed by atoms with Gasteiger partial charge < -0.3 is 15.0 Å². The summed E-state index contributed by atoms with van der Waals surface area (Å²) in [6.45, 7) is 3.15. The van der Waals surface area contributed by atoms with Crippen molar-refractivity contribution in [1.82, 2.24) is 9.55 Å². The molecular formula is C17H17ClN4O3S. The van der Waals surface area contributed by atoms with E-state index in [-0.39, 0.29) is 11.1 Å². The number of carbonyl (C=O) groups is 1. The van der Waals surface area contributed by atoms with Gasteiger partial charge in [-0.3, -0.25) is 14.2 Å². The molecule has 1 N–H and O–H groups in total. The minimum Gasteiger partial charge on any atom is -0.378 e. The minimum absolute atomic E-state index is 0.0316. The molecule has 0 radical (unpaired) electrons. The van der Waals surface area contributed by atoms with Crippen molar-refractivity contribution in [3.8, 4) is 0 Å². The van der Waals surface area contributed by atoms with E-state index in [9.17, 15) is 9.59 Å². The SMILES string of the molecule is O=C(Nc1cccc(Cl)c1N1CCOCC1)c1cnc2n(c1=O)CCS2. The zero-order valence-corrected chi connectivity index (χ0v) is 15.5. The molecule has 0 bridgehead atoms. The van der Waals surface area contributed by atoms with E-state index in [0.29, 0.717) is 48.7 Å². The predicted molar refractivity (Wildman–Crippen MR) is 102 cm³/mol. The number of rotatable bonds is 3. The van der Waals surface area contributed by atoms with Crippen LogP contribution in [0.5, 0.6) is 0 Å². The van der Waals surface area contributed by atoms with Gasteiger partial charge in [0.05, 0.1) is 29.6 Å². The highest BCUT2D eigenvalue weighted by molar-refractivity contribution is 7.99. The molecule has 2 aromatic rings. The van der Waals surface area contributed by atoms with Crippen molar-refractivity contribution in [3.05, 3.63) is 45.3 Å². The molecule has 136 valence electrons. The first kappa shape index (κ1) is 17.4. The summed E-state index contributed by atoms with van der Waals surface area (Å²) in [5, 5.41) is 4.03. The molecule has 1 aromatic carbocycles. The van der Waals surface area contributed by atoms with Gasteiger partial charge in [0, 0.05) is 31.6 Å². The van der Waals surface area contributed by atoms with Crippen molar-refractivity contribution in [2.45, 2.75) is 11.7 Å². The van der Waals surface area contributed by atoms with Crippen molar-refractivity contribution >= 4 is 40.6 Å². The van der Waals surface area contributed by atoms with Gasteiger partial charge in [-0.1, -0.05) is 29.4 Å². The van der Waals surface area contributed by atoms with Crippen LogP contribution in [0.25, 0.3) is 0 Å². The molecular weight excluding hydrogens is 376 g/mol. The fourth-order valence-corrected chi connectivity index (χ4v) is 4.30. The molecule has 1 aromatic heterocycles. The first-order valence-corrected chi connectivity index (χ1v) is 9.66. The molecule has 1 saturated heterocycles. The third-order valence-corrected chi connectivity index (χ3v) is 5.64. The molecule has 0 saturated carbocycles. The van der Waals surface area contributed by atoms with Gasteiger partial charge in [-0.25, -0.2) is 4.98 Å². The van der Waals surface area contributed by atoms with Crippen LogP contribution in [-0.2, 0) is 11.3 Å². The largest absolute Gasteiger partial charge is 0.378 e. The summed E-state index contributed by atoms with van der Waals surface area (Å²) in [6, 6.07) is 5.33. The molecule has 0 aliphatic carbocycles. The zero-order chi connectivity index (χ0) is 18.1. The molecule has 4 rings (SSSR count). The lowest BCUT2D eigenvalue weighted by atomic mass is 10.2. The molecule has 1 amide bonds. The number of amides is 1. The van der Waals surface area contributed by atoms with E-state index >= 15 is 0 Å². The highest BCUT2D eigenvalue weighted by Crippen LogP contribution is 2.34. The monoisotopic (exact) mass is 392 g/mol. The number of hydrogen-bond donors (Lipinski definition) is 1. The van der Waals surface area contributed by atoms with E-state index in [1.54, 1.807) is 22.8 Å². The van der Waals surface area contributed by atoms with Crippen molar-refractivity contribution in [1.29, 1.82) is 0 Å². The van der Waals surface area contributed by atoms with E-state index in [4.69, 9.17) is 16.3 Å². The summed E-state index contributed by atoms with van der Waals surface area (Å²) in [6.07, 6.45) is 1.35. The Hall–Kier alpha value is -2.03. The second kappa shape index (κ2) is 7.30. The summed E-state index contributed by atoms with van der Waals surface area (Å²) in [5.74, 6) is 0.314. The summed E-state index contributed by atoms with van der Waals surface area (Å²) in [5.41, 5.74) is 1.04. The molecule has 26 heavy (non-hydrogen) atoms. The number of thioether (sulfide) groups is 1. The number of para-hydroxylation sites is 1. The number of aromatic nitrogens is 2. The maximum atomic E-state index is 12.7. The molecule has 0 unspecified atom stereocenters. The van der Waals surface area contributed by atoms with Gasteiger partial charge in [-0.15, -0.1) is 0 Å². The van der Waals surface area contributed by atoms with Crippen LogP contribution in [0, 0.1) is 0 Å². The van der Waals surface area contributed by atoms with Gasteiger partial charge in [0.2, 0.25) is 0 Å². The minimum atomic E-state index is -0.480. The number of nitrogens with zero attached hydrogens (tertiary/aromatic N) is 3. The molecule has 1 fully saturated rings. The molecule has 2 aliphatic heterocycles. The number of morpholine rings is 1. The molecule has 2 aliphatic rings. The number of fused-ring (bicyclic) bond motifs is 1. The normalized spacial score (nSPS) is 16.4. The van der Waals surface area contributed by atoms with Crippen molar-refractivity contribution < 1.29 is 9.53 Å². The predicted octanol–water partition coefficient (Wildman–Crippen LogP) is 2.09. The lowest BCUT2D eigenvalue weighted by Crippen LogP contribution is -2.37. The molecule has 0 atom stereocenters. The summed E-state index contributed by atoms with van der Waals surface area (Å²) < 4.78 is 6.93. The van der Waals surface area contributed by atoms with E-state index in [2.05, 4.69) is 15.2 Å². The Labute approximate surface area is 159 Å². The summed E-state index contributed by atoms with van der Waals surface area (Å²) >= 11 is 7.90. The average molecular weight is 393 g/mol. The van der Waals surface area contributed by atoms with Crippen LogP contribution in [0.3, 0.4) is 0 Å². The third-order valence-electron chi connectivity index (χ3n) is 4.36. The summed E-state index contributed by atoms with van der Waals surface area (Å²) in [7, 11) is 0. The zero-order valence-electron chi connectivity index (χ0n) is 13.9. The van der Waals surface area contributed by atoms with Crippen molar-refractivity contribution in [2.75, 3.05) is 42.3 Å². The maximum Gasteiger partial charge on any atom is 0.267 e. The first-order chi connectivity index (χ1) is 12.6. The fourth-order valence-electron chi connectivity index (χ4n) is 3.09. The van der Waals surface area contributed by atoms with Gasteiger partial charge in [-0.2, -0.15) is 0 Å². The van der Waals surface area contributed by atoms with E-state index < -0.39 is 5.91 Å². The van der Waals surface area contributed by atoms with Gasteiger partial charge in [0.15, 0.2) is 5.16 Å². The number of benzene rings is 1. The highest BCUT2D eigenvalue weighted by Gasteiger charge is 2.23. The lowest BCUT2D eigenvalue weighted by Gasteiger charge is -2.31. The van der Waals surface area contributed by atoms with Crippen molar-refractivity contribution in [3.63, 3.8) is 0 Å². The van der Waals surface area contributed by atoms with E-state index in [0.717, 1.165) is 11.4 Å². The number of anilines is 2. The Kier molecular flexibility index (Phi) is 4.88. The number of hydrogen-bond acceptors (Lipinski definition) is 6. The Bertz CT molecular complexity index is 911. The topological polar surface area (TPSA) is 76.5 Å². The van der Waals surface area contributed by atoms with Crippen molar-refractivity contribution in [2.24, 2.45) is 0 Å². The second-order valence-corrected chi connectivity index (χ2v) is 7.42. The Morgan fingerprint density at radius 1 is 1.27 bits per heavy atom. The molecule has 3 heterocycles. The number of ether oxygens (including phenoxy) is 1. The van der Waals surface area contributed by atoms with Crippen LogP contribution < -0.4 is 15.8 Å². The highest BCUT2D eigenvalue weighted by atomic mass is 35.5. The fraction of sp³-hybridized carbons (Fsp3) is 0.353. The maximum absolute atomic E-state index is 12.7. The number of halogens is 1. The summed E-state index contributed by atoms with van der Waals surface area (Å²) in [4.78, 5) is 31.6. The number of carbonyl (C=O) groups excluding carboxylic acids is 1. The van der Waals surface area contributed by atoms with Crippen LogP contribution in [0.15, 0.2) is 34.3 Å². The van der Waals surface area contributed by atoms with E-state index in [1.807, 2.05) is 0 Å². The van der Waals surface area contributed by atoms with Crippen LogP contribution in [-0.4, -0.2) is 47.5 Å². The Balaban J connectivity index is 1.65. The molecule has 7 nitrogen and oxygen atoms in total.